The maximum Gasteiger partial charge on any atom is 0.143 e. The van der Waals surface area contributed by atoms with Crippen LogP contribution in [0.3, 0.4) is 0 Å². The van der Waals surface area contributed by atoms with Crippen molar-refractivity contribution in [2.24, 2.45) is 0 Å². The lowest BCUT2D eigenvalue weighted by atomic mass is 9.99. The van der Waals surface area contributed by atoms with Crippen LogP contribution in [0.15, 0.2) is 0 Å². The van der Waals surface area contributed by atoms with Crippen molar-refractivity contribution in [2.75, 3.05) is 25.6 Å². The van der Waals surface area contributed by atoms with Gasteiger partial charge in [0, 0.05) is 26.2 Å². The van der Waals surface area contributed by atoms with Crippen LogP contribution in [0.2, 0.25) is 0 Å². The molecular weight excluding hydrogens is 341 g/mol. The molecule has 1 fully saturated rings. The summed E-state index contributed by atoms with van der Waals surface area (Å²) in [5, 5.41) is 3.18. The molecule has 0 aliphatic carbocycles. The normalized spacial score (nSPS) is 16.8. The Labute approximate surface area is 122 Å². The van der Waals surface area contributed by atoms with Crippen LogP contribution < -0.4 is 5.32 Å². The smallest absolute Gasteiger partial charge is 0.143 e. The SMILES string of the molecule is CCCc1nc(C2CCOCC2)nc(NC)c1I. The molecule has 5 heteroatoms. The Kier molecular flexibility index (Phi) is 5.17. The maximum atomic E-state index is 5.41. The molecule has 0 unspecified atom stereocenters. The van der Waals surface area contributed by atoms with E-state index in [1.807, 2.05) is 7.05 Å². The molecule has 1 aromatic rings. The molecule has 0 amide bonds. The van der Waals surface area contributed by atoms with Crippen molar-refractivity contribution < 1.29 is 4.74 Å². The molecular formula is C13H20IN3O. The fourth-order valence-electron chi connectivity index (χ4n) is 2.22. The van der Waals surface area contributed by atoms with Gasteiger partial charge in [0.05, 0.1) is 9.26 Å². The molecule has 100 valence electrons. The van der Waals surface area contributed by atoms with Gasteiger partial charge in [-0.2, -0.15) is 0 Å². The minimum atomic E-state index is 0.457. The highest BCUT2D eigenvalue weighted by atomic mass is 127. The number of hydrogen-bond acceptors (Lipinski definition) is 4. The molecule has 0 radical (unpaired) electrons. The van der Waals surface area contributed by atoms with Gasteiger partial charge in [-0.05, 0) is 41.9 Å². The van der Waals surface area contributed by atoms with E-state index in [0.717, 1.165) is 54.1 Å². The van der Waals surface area contributed by atoms with Gasteiger partial charge in [-0.25, -0.2) is 9.97 Å². The van der Waals surface area contributed by atoms with E-state index in [9.17, 15) is 0 Å². The number of aromatic nitrogens is 2. The number of aryl methyl sites for hydroxylation is 1. The fraction of sp³-hybridized carbons (Fsp3) is 0.692. The molecule has 4 nitrogen and oxygen atoms in total. The predicted octanol–water partition coefficient (Wildman–Crippen LogP) is 2.97. The van der Waals surface area contributed by atoms with Crippen molar-refractivity contribution in [1.29, 1.82) is 0 Å². The number of nitrogens with one attached hydrogen (secondary N) is 1. The van der Waals surface area contributed by atoms with E-state index in [0.29, 0.717) is 5.92 Å². The van der Waals surface area contributed by atoms with Crippen molar-refractivity contribution in [3.05, 3.63) is 15.1 Å². The highest BCUT2D eigenvalue weighted by Gasteiger charge is 2.21. The Bertz CT molecular complexity index is 405. The summed E-state index contributed by atoms with van der Waals surface area (Å²) in [5.74, 6) is 2.42. The van der Waals surface area contributed by atoms with Crippen molar-refractivity contribution >= 4 is 28.4 Å². The fourth-order valence-corrected chi connectivity index (χ4v) is 3.00. The average molecular weight is 361 g/mol. The summed E-state index contributed by atoms with van der Waals surface area (Å²) in [5.41, 5.74) is 1.18. The van der Waals surface area contributed by atoms with Gasteiger partial charge in [0.2, 0.25) is 0 Å². The topological polar surface area (TPSA) is 47.0 Å². The molecule has 2 rings (SSSR count). The third-order valence-electron chi connectivity index (χ3n) is 3.25. The zero-order valence-corrected chi connectivity index (χ0v) is 13.2. The van der Waals surface area contributed by atoms with E-state index < -0.39 is 0 Å². The zero-order chi connectivity index (χ0) is 13.0. The lowest BCUT2D eigenvalue weighted by Crippen LogP contribution is -2.18. The first-order valence-corrected chi connectivity index (χ1v) is 7.66. The third kappa shape index (κ3) is 3.12. The quantitative estimate of drug-likeness (QED) is 0.838. The second-order valence-corrected chi connectivity index (χ2v) is 5.66. The maximum absolute atomic E-state index is 5.41. The number of rotatable bonds is 4. The third-order valence-corrected chi connectivity index (χ3v) is 4.38. The number of hydrogen-bond donors (Lipinski definition) is 1. The van der Waals surface area contributed by atoms with E-state index in [-0.39, 0.29) is 0 Å². The molecule has 1 aliphatic rings. The molecule has 0 spiro atoms. The summed E-state index contributed by atoms with van der Waals surface area (Å²) in [6.45, 7) is 3.85. The van der Waals surface area contributed by atoms with Crippen molar-refractivity contribution in [3.8, 4) is 0 Å². The van der Waals surface area contributed by atoms with E-state index in [1.54, 1.807) is 0 Å². The van der Waals surface area contributed by atoms with Crippen LogP contribution in [0.1, 0.15) is 43.6 Å². The van der Waals surface area contributed by atoms with Crippen LogP contribution in [-0.4, -0.2) is 30.2 Å². The summed E-state index contributed by atoms with van der Waals surface area (Å²) in [6.07, 6.45) is 4.21. The van der Waals surface area contributed by atoms with Gasteiger partial charge in [-0.3, -0.25) is 0 Å². The number of halogens is 1. The summed E-state index contributed by atoms with van der Waals surface area (Å²) in [6, 6.07) is 0. The van der Waals surface area contributed by atoms with Crippen LogP contribution in [0.4, 0.5) is 5.82 Å². The second kappa shape index (κ2) is 6.65. The lowest BCUT2D eigenvalue weighted by molar-refractivity contribution is 0.0835. The Morgan fingerprint density at radius 2 is 2.06 bits per heavy atom. The van der Waals surface area contributed by atoms with Crippen LogP contribution in [0.5, 0.6) is 0 Å². The molecule has 0 atom stereocenters. The van der Waals surface area contributed by atoms with Crippen molar-refractivity contribution in [1.82, 2.24) is 9.97 Å². The first kappa shape index (κ1) is 14.0. The Morgan fingerprint density at radius 3 is 2.67 bits per heavy atom. The van der Waals surface area contributed by atoms with Gasteiger partial charge in [-0.1, -0.05) is 13.3 Å². The molecule has 0 aromatic carbocycles. The molecule has 1 aliphatic heterocycles. The number of anilines is 1. The van der Waals surface area contributed by atoms with Gasteiger partial charge >= 0.3 is 0 Å². The first-order valence-electron chi connectivity index (χ1n) is 6.58. The Balaban J connectivity index is 2.31. The minimum Gasteiger partial charge on any atom is -0.381 e. The van der Waals surface area contributed by atoms with E-state index in [1.165, 1.54) is 5.69 Å². The van der Waals surface area contributed by atoms with Crippen LogP contribution in [0, 0.1) is 3.57 Å². The van der Waals surface area contributed by atoms with Gasteiger partial charge < -0.3 is 10.1 Å². The van der Waals surface area contributed by atoms with Crippen LogP contribution >= 0.6 is 22.6 Å². The summed E-state index contributed by atoms with van der Waals surface area (Å²) in [4.78, 5) is 9.45. The van der Waals surface area contributed by atoms with Gasteiger partial charge in [0.25, 0.3) is 0 Å². The zero-order valence-electron chi connectivity index (χ0n) is 11.0. The summed E-state index contributed by atoms with van der Waals surface area (Å²) >= 11 is 2.34. The highest BCUT2D eigenvalue weighted by Crippen LogP contribution is 2.28. The van der Waals surface area contributed by atoms with E-state index in [2.05, 4.69) is 39.8 Å². The molecule has 1 aromatic heterocycles. The highest BCUT2D eigenvalue weighted by molar-refractivity contribution is 14.1. The Morgan fingerprint density at radius 1 is 1.33 bits per heavy atom. The summed E-state index contributed by atoms with van der Waals surface area (Å²) < 4.78 is 6.57. The summed E-state index contributed by atoms with van der Waals surface area (Å²) in [7, 11) is 1.92. The molecule has 18 heavy (non-hydrogen) atoms. The molecule has 1 saturated heterocycles. The van der Waals surface area contributed by atoms with Gasteiger partial charge in [0.1, 0.15) is 11.6 Å². The van der Waals surface area contributed by atoms with Crippen molar-refractivity contribution in [3.63, 3.8) is 0 Å². The molecule has 1 N–H and O–H groups in total. The van der Waals surface area contributed by atoms with Crippen LogP contribution in [0.25, 0.3) is 0 Å². The first-order chi connectivity index (χ1) is 8.76. The monoisotopic (exact) mass is 361 g/mol. The standard InChI is InChI=1S/C13H20IN3O/c1-3-4-10-11(14)13(15-2)17-12(16-10)9-5-7-18-8-6-9/h9H,3-8H2,1-2H3,(H,15,16,17). The predicted molar refractivity (Wildman–Crippen MR) is 81.1 cm³/mol. The van der Waals surface area contributed by atoms with Gasteiger partial charge in [-0.15, -0.1) is 0 Å². The lowest BCUT2D eigenvalue weighted by Gasteiger charge is -2.22. The second-order valence-electron chi connectivity index (χ2n) is 4.58. The number of nitrogens with zero attached hydrogens (tertiary/aromatic N) is 2. The van der Waals surface area contributed by atoms with Gasteiger partial charge in [0.15, 0.2) is 0 Å². The minimum absolute atomic E-state index is 0.457. The van der Waals surface area contributed by atoms with Crippen LogP contribution in [-0.2, 0) is 11.2 Å². The largest absolute Gasteiger partial charge is 0.381 e. The molecule has 0 saturated carbocycles. The van der Waals surface area contributed by atoms with E-state index in [4.69, 9.17) is 9.72 Å². The van der Waals surface area contributed by atoms with Crippen molar-refractivity contribution in [2.45, 2.75) is 38.5 Å². The Hall–Kier alpha value is -0.430. The molecule has 2 heterocycles. The molecule has 0 bridgehead atoms. The number of ether oxygens (including phenoxy) is 1. The average Bonchev–Trinajstić information content (AvgIpc) is 2.42. The van der Waals surface area contributed by atoms with E-state index >= 15 is 0 Å².